The van der Waals surface area contributed by atoms with Crippen molar-refractivity contribution in [3.8, 4) is 0 Å². The van der Waals surface area contributed by atoms with Crippen LogP contribution in [0.2, 0.25) is 0 Å². The van der Waals surface area contributed by atoms with E-state index in [9.17, 15) is 9.59 Å². The molecule has 1 aliphatic rings. The molecule has 6 rings (SSSR count). The zero-order valence-electron chi connectivity index (χ0n) is 27.0. The number of benzene rings is 3. The summed E-state index contributed by atoms with van der Waals surface area (Å²) < 4.78 is 2.18. The number of hydrogen-bond donors (Lipinski definition) is 0. The van der Waals surface area contributed by atoms with E-state index in [0.29, 0.717) is 36.9 Å². The Kier molecular flexibility index (Phi) is 9.97. The van der Waals surface area contributed by atoms with Crippen molar-refractivity contribution in [1.82, 2.24) is 29.5 Å². The van der Waals surface area contributed by atoms with Gasteiger partial charge in [-0.25, -0.2) is 4.98 Å². The summed E-state index contributed by atoms with van der Waals surface area (Å²) in [6.07, 6.45) is 5.98. The number of unbranched alkanes of at least 4 members (excludes halogenated alkanes) is 3. The minimum Gasteiger partial charge on any atom is -0.338 e. The normalized spacial score (nSPS) is 15.2. The van der Waals surface area contributed by atoms with Crippen molar-refractivity contribution in [1.29, 1.82) is 0 Å². The van der Waals surface area contributed by atoms with Crippen molar-refractivity contribution in [3.63, 3.8) is 0 Å². The number of amides is 2. The molecule has 46 heavy (non-hydrogen) atoms. The Morgan fingerprint density at radius 3 is 2.48 bits per heavy atom. The molecule has 1 saturated heterocycles. The quantitative estimate of drug-likeness (QED) is 0.116. The Labute approximate surface area is 275 Å². The first-order valence-electron chi connectivity index (χ1n) is 16.4. The number of aromatic nitrogens is 4. The average Bonchev–Trinajstić information content (AvgIpc) is 3.37. The highest BCUT2D eigenvalue weighted by Crippen LogP contribution is 2.29. The summed E-state index contributed by atoms with van der Waals surface area (Å²) >= 11 is 1.31. The Balaban J connectivity index is 1.08. The molecule has 0 spiro atoms. The molecule has 0 radical (unpaired) electrons. The minimum absolute atomic E-state index is 0.0144. The van der Waals surface area contributed by atoms with Crippen LogP contribution in [0.5, 0.6) is 0 Å². The van der Waals surface area contributed by atoms with Crippen LogP contribution < -0.4 is 0 Å². The van der Waals surface area contributed by atoms with Crippen molar-refractivity contribution in [2.75, 3.05) is 25.4 Å². The van der Waals surface area contributed by atoms with Crippen LogP contribution >= 0.6 is 11.8 Å². The summed E-state index contributed by atoms with van der Waals surface area (Å²) in [7, 11) is 0. The second-order valence-corrected chi connectivity index (χ2v) is 13.3. The number of piperazine rings is 1. The standard InChI is InChI=1S/C37H42N6O2S/c1-4-5-6-8-11-28-15-17-30(18-16-28)36(45)42-21-20-41(23-27(42)3)33(44)25-46-37-38-35-34(39-40-37)31-22-26(2)14-19-32(31)43(35)24-29-12-9-7-10-13-29/h7,9-10,12-19,22,27H,4-6,8,11,20-21,23-25H2,1-3H3. The van der Waals surface area contributed by atoms with Gasteiger partial charge in [0.1, 0.15) is 5.52 Å². The van der Waals surface area contributed by atoms with Gasteiger partial charge < -0.3 is 14.4 Å². The van der Waals surface area contributed by atoms with Gasteiger partial charge in [-0.05, 0) is 62.1 Å². The van der Waals surface area contributed by atoms with Crippen LogP contribution in [0, 0.1) is 6.92 Å². The molecule has 1 unspecified atom stereocenters. The number of rotatable bonds is 11. The molecule has 1 atom stereocenters. The second-order valence-electron chi connectivity index (χ2n) is 12.3. The van der Waals surface area contributed by atoms with E-state index in [1.165, 1.54) is 48.6 Å². The van der Waals surface area contributed by atoms with Crippen LogP contribution in [0.25, 0.3) is 22.1 Å². The first kappa shape index (κ1) is 31.7. The van der Waals surface area contributed by atoms with Crippen LogP contribution in [0.15, 0.2) is 78.0 Å². The molecular weight excluding hydrogens is 593 g/mol. The molecule has 5 aromatic rings. The van der Waals surface area contributed by atoms with Gasteiger partial charge in [-0.15, -0.1) is 10.2 Å². The van der Waals surface area contributed by atoms with E-state index in [1.54, 1.807) is 0 Å². The number of nitrogens with zero attached hydrogens (tertiary/aromatic N) is 6. The lowest BCUT2D eigenvalue weighted by Crippen LogP contribution is -2.55. The molecule has 0 saturated carbocycles. The summed E-state index contributed by atoms with van der Waals surface area (Å²) in [4.78, 5) is 35.3. The summed E-state index contributed by atoms with van der Waals surface area (Å²) in [6, 6.07) is 24.6. The Hall–Kier alpha value is -4.24. The van der Waals surface area contributed by atoms with Crippen molar-refractivity contribution in [2.45, 2.75) is 70.6 Å². The van der Waals surface area contributed by atoms with Crippen LogP contribution in [-0.2, 0) is 17.8 Å². The zero-order valence-corrected chi connectivity index (χ0v) is 27.8. The van der Waals surface area contributed by atoms with Gasteiger partial charge in [0.2, 0.25) is 11.1 Å². The average molecular weight is 635 g/mol. The van der Waals surface area contributed by atoms with E-state index in [1.807, 2.05) is 47.1 Å². The van der Waals surface area contributed by atoms with Crippen molar-refractivity contribution in [3.05, 3.63) is 95.1 Å². The third-order valence-electron chi connectivity index (χ3n) is 8.87. The summed E-state index contributed by atoms with van der Waals surface area (Å²) in [6.45, 7) is 8.49. The predicted octanol–water partition coefficient (Wildman–Crippen LogP) is 6.92. The van der Waals surface area contributed by atoms with Crippen LogP contribution in [-0.4, -0.2) is 72.8 Å². The second kappa shape index (κ2) is 14.5. The molecule has 1 aliphatic heterocycles. The fraction of sp³-hybridized carbons (Fsp3) is 0.378. The highest BCUT2D eigenvalue weighted by molar-refractivity contribution is 7.99. The van der Waals surface area contributed by atoms with E-state index in [0.717, 1.165) is 34.1 Å². The number of aryl methyl sites for hydroxylation is 2. The van der Waals surface area contributed by atoms with Gasteiger partial charge in [-0.2, -0.15) is 0 Å². The molecule has 0 bridgehead atoms. The molecule has 1 fully saturated rings. The fourth-order valence-corrected chi connectivity index (χ4v) is 6.97. The van der Waals surface area contributed by atoms with Gasteiger partial charge in [-0.3, -0.25) is 9.59 Å². The minimum atomic E-state index is -0.0738. The van der Waals surface area contributed by atoms with Crippen LogP contribution in [0.1, 0.15) is 66.6 Å². The van der Waals surface area contributed by atoms with Gasteiger partial charge in [0.05, 0.1) is 11.3 Å². The maximum Gasteiger partial charge on any atom is 0.254 e. The number of fused-ring (bicyclic) bond motifs is 3. The number of thioether (sulfide) groups is 1. The summed E-state index contributed by atoms with van der Waals surface area (Å²) in [5.41, 5.74) is 6.90. The highest BCUT2D eigenvalue weighted by atomic mass is 32.2. The van der Waals surface area contributed by atoms with E-state index in [-0.39, 0.29) is 23.6 Å². The summed E-state index contributed by atoms with van der Waals surface area (Å²) in [5.74, 6) is 0.256. The molecule has 238 valence electrons. The van der Waals surface area contributed by atoms with E-state index >= 15 is 0 Å². The molecule has 8 nitrogen and oxygen atoms in total. The van der Waals surface area contributed by atoms with Crippen molar-refractivity contribution < 1.29 is 9.59 Å². The van der Waals surface area contributed by atoms with Crippen molar-refractivity contribution >= 4 is 45.6 Å². The Bertz CT molecular complexity index is 1820. The lowest BCUT2D eigenvalue weighted by Gasteiger charge is -2.40. The third kappa shape index (κ3) is 7.09. The number of carbonyl (C=O) groups excluding carboxylic acids is 2. The molecule has 3 aromatic carbocycles. The van der Waals surface area contributed by atoms with Gasteiger partial charge in [0.15, 0.2) is 5.65 Å². The largest absolute Gasteiger partial charge is 0.338 e. The highest BCUT2D eigenvalue weighted by Gasteiger charge is 2.30. The van der Waals surface area contributed by atoms with Crippen LogP contribution in [0.3, 0.4) is 0 Å². The van der Waals surface area contributed by atoms with Gasteiger partial charge in [0.25, 0.3) is 5.91 Å². The molecule has 0 aliphatic carbocycles. The first-order valence-corrected chi connectivity index (χ1v) is 17.4. The smallest absolute Gasteiger partial charge is 0.254 e. The van der Waals surface area contributed by atoms with E-state index in [2.05, 4.69) is 71.1 Å². The molecule has 2 amide bonds. The topological polar surface area (TPSA) is 84.2 Å². The fourth-order valence-electron chi connectivity index (χ4n) is 6.28. The number of carbonyl (C=O) groups is 2. The molecule has 2 aromatic heterocycles. The maximum atomic E-state index is 13.3. The van der Waals surface area contributed by atoms with Crippen molar-refractivity contribution in [2.24, 2.45) is 0 Å². The van der Waals surface area contributed by atoms with E-state index in [4.69, 9.17) is 4.98 Å². The zero-order chi connectivity index (χ0) is 32.0. The van der Waals surface area contributed by atoms with Crippen LogP contribution in [0.4, 0.5) is 0 Å². The molecular formula is C37H42N6O2S. The van der Waals surface area contributed by atoms with Gasteiger partial charge in [-0.1, -0.05) is 92.0 Å². The molecule has 0 N–H and O–H groups in total. The molecule has 9 heteroatoms. The molecule has 3 heterocycles. The predicted molar refractivity (Wildman–Crippen MR) is 185 cm³/mol. The monoisotopic (exact) mass is 634 g/mol. The third-order valence-corrected chi connectivity index (χ3v) is 9.69. The first-order chi connectivity index (χ1) is 22.4. The van der Waals surface area contributed by atoms with Gasteiger partial charge >= 0.3 is 0 Å². The lowest BCUT2D eigenvalue weighted by atomic mass is 10.0. The maximum absolute atomic E-state index is 13.3. The Morgan fingerprint density at radius 2 is 1.72 bits per heavy atom. The van der Waals surface area contributed by atoms with Gasteiger partial charge in [0, 0.05) is 43.2 Å². The Morgan fingerprint density at radius 1 is 0.913 bits per heavy atom. The lowest BCUT2D eigenvalue weighted by molar-refractivity contribution is -0.130. The summed E-state index contributed by atoms with van der Waals surface area (Å²) in [5, 5.41) is 10.5. The SMILES string of the molecule is CCCCCCc1ccc(C(=O)N2CCN(C(=O)CSc3nnc4c5cc(C)ccc5n(Cc5ccccc5)c4n3)CC2C)cc1. The van der Waals surface area contributed by atoms with E-state index < -0.39 is 0 Å². The number of hydrogen-bond acceptors (Lipinski definition) is 6.